The SMILES string of the molecule is NCCN(C(=O)c1cccnc1)c1ccccc1. The van der Waals surface area contributed by atoms with Crippen molar-refractivity contribution >= 4 is 11.6 Å². The maximum absolute atomic E-state index is 12.4. The van der Waals surface area contributed by atoms with E-state index in [0.29, 0.717) is 18.7 Å². The molecule has 1 amide bonds. The molecule has 4 nitrogen and oxygen atoms in total. The van der Waals surface area contributed by atoms with Gasteiger partial charge in [0, 0.05) is 31.2 Å². The first-order valence-electron chi connectivity index (χ1n) is 5.80. The molecule has 1 aromatic carbocycles. The highest BCUT2D eigenvalue weighted by atomic mass is 16.2. The van der Waals surface area contributed by atoms with Crippen LogP contribution in [0.4, 0.5) is 5.69 Å². The largest absolute Gasteiger partial charge is 0.329 e. The summed E-state index contributed by atoms with van der Waals surface area (Å²) in [6.07, 6.45) is 3.21. The van der Waals surface area contributed by atoms with Crippen LogP contribution in [-0.2, 0) is 0 Å². The molecular weight excluding hydrogens is 226 g/mol. The lowest BCUT2D eigenvalue weighted by Gasteiger charge is -2.22. The minimum absolute atomic E-state index is 0.0836. The monoisotopic (exact) mass is 241 g/mol. The molecule has 2 rings (SSSR count). The predicted molar refractivity (Wildman–Crippen MR) is 71.4 cm³/mol. The van der Waals surface area contributed by atoms with E-state index in [-0.39, 0.29) is 5.91 Å². The van der Waals surface area contributed by atoms with Gasteiger partial charge in [-0.25, -0.2) is 0 Å². The van der Waals surface area contributed by atoms with Gasteiger partial charge in [-0.05, 0) is 24.3 Å². The topological polar surface area (TPSA) is 59.2 Å². The van der Waals surface area contributed by atoms with Crippen LogP contribution in [0.5, 0.6) is 0 Å². The van der Waals surface area contributed by atoms with Crippen molar-refractivity contribution in [2.75, 3.05) is 18.0 Å². The van der Waals surface area contributed by atoms with E-state index in [1.165, 1.54) is 0 Å². The number of hydrogen-bond donors (Lipinski definition) is 1. The van der Waals surface area contributed by atoms with E-state index >= 15 is 0 Å². The number of para-hydroxylation sites is 1. The summed E-state index contributed by atoms with van der Waals surface area (Å²) in [4.78, 5) is 18.0. The number of aromatic nitrogens is 1. The van der Waals surface area contributed by atoms with Crippen LogP contribution < -0.4 is 10.6 Å². The number of amides is 1. The Bertz CT molecular complexity index is 499. The maximum atomic E-state index is 12.4. The number of nitrogens with zero attached hydrogens (tertiary/aromatic N) is 2. The predicted octanol–water partition coefficient (Wildman–Crippen LogP) is 1.69. The minimum atomic E-state index is -0.0836. The molecule has 0 fully saturated rings. The summed E-state index contributed by atoms with van der Waals surface area (Å²) in [5.41, 5.74) is 6.98. The van der Waals surface area contributed by atoms with Gasteiger partial charge in [0.15, 0.2) is 0 Å². The zero-order chi connectivity index (χ0) is 12.8. The Labute approximate surface area is 106 Å². The number of benzene rings is 1. The summed E-state index contributed by atoms with van der Waals surface area (Å²) < 4.78 is 0. The molecule has 2 aromatic rings. The van der Waals surface area contributed by atoms with E-state index in [1.54, 1.807) is 29.4 Å². The van der Waals surface area contributed by atoms with Crippen molar-refractivity contribution < 1.29 is 4.79 Å². The third-order valence-electron chi connectivity index (χ3n) is 2.57. The number of nitrogens with two attached hydrogens (primary N) is 1. The fourth-order valence-corrected chi connectivity index (χ4v) is 1.73. The van der Waals surface area contributed by atoms with E-state index < -0.39 is 0 Å². The van der Waals surface area contributed by atoms with Crippen molar-refractivity contribution in [3.05, 3.63) is 60.4 Å². The number of pyridine rings is 1. The smallest absolute Gasteiger partial charge is 0.259 e. The quantitative estimate of drug-likeness (QED) is 0.886. The zero-order valence-electron chi connectivity index (χ0n) is 9.99. The maximum Gasteiger partial charge on any atom is 0.259 e. The van der Waals surface area contributed by atoms with E-state index in [9.17, 15) is 4.79 Å². The molecule has 0 radical (unpaired) electrons. The number of carbonyl (C=O) groups excluding carboxylic acids is 1. The molecule has 0 unspecified atom stereocenters. The molecule has 18 heavy (non-hydrogen) atoms. The van der Waals surface area contributed by atoms with Gasteiger partial charge in [-0.2, -0.15) is 0 Å². The molecule has 0 aliphatic rings. The van der Waals surface area contributed by atoms with E-state index in [0.717, 1.165) is 5.69 Å². The molecule has 0 aliphatic heterocycles. The van der Waals surface area contributed by atoms with Crippen LogP contribution in [0.1, 0.15) is 10.4 Å². The van der Waals surface area contributed by atoms with E-state index in [4.69, 9.17) is 5.73 Å². The van der Waals surface area contributed by atoms with Crippen LogP contribution in [0.25, 0.3) is 0 Å². The molecule has 4 heteroatoms. The second kappa shape index (κ2) is 5.93. The third-order valence-corrected chi connectivity index (χ3v) is 2.57. The van der Waals surface area contributed by atoms with Crippen LogP contribution in [-0.4, -0.2) is 24.0 Å². The van der Waals surface area contributed by atoms with Gasteiger partial charge in [0.05, 0.1) is 5.56 Å². The van der Waals surface area contributed by atoms with Crippen molar-refractivity contribution in [1.29, 1.82) is 0 Å². The van der Waals surface area contributed by atoms with Crippen molar-refractivity contribution in [2.24, 2.45) is 5.73 Å². The zero-order valence-corrected chi connectivity index (χ0v) is 9.99. The van der Waals surface area contributed by atoms with Crippen molar-refractivity contribution in [3.8, 4) is 0 Å². The Morgan fingerprint density at radius 1 is 1.17 bits per heavy atom. The fraction of sp³-hybridized carbons (Fsp3) is 0.143. The first kappa shape index (κ1) is 12.3. The van der Waals surface area contributed by atoms with Gasteiger partial charge in [0.25, 0.3) is 5.91 Å². The molecule has 1 heterocycles. The lowest BCUT2D eigenvalue weighted by atomic mass is 10.2. The molecule has 0 saturated carbocycles. The molecule has 0 saturated heterocycles. The second-order valence-corrected chi connectivity index (χ2v) is 3.82. The van der Waals surface area contributed by atoms with Gasteiger partial charge in [-0.1, -0.05) is 18.2 Å². The molecule has 92 valence electrons. The van der Waals surface area contributed by atoms with Crippen LogP contribution in [0.15, 0.2) is 54.9 Å². The van der Waals surface area contributed by atoms with Gasteiger partial charge in [0.1, 0.15) is 0 Å². The Hall–Kier alpha value is -2.20. The van der Waals surface area contributed by atoms with Crippen molar-refractivity contribution in [2.45, 2.75) is 0 Å². The first-order chi connectivity index (χ1) is 8.83. The Balaban J connectivity index is 2.29. The average Bonchev–Trinajstić information content (AvgIpc) is 2.46. The molecule has 0 spiro atoms. The second-order valence-electron chi connectivity index (χ2n) is 3.82. The number of anilines is 1. The van der Waals surface area contributed by atoms with E-state index in [2.05, 4.69) is 4.98 Å². The summed E-state index contributed by atoms with van der Waals surface area (Å²) in [6, 6.07) is 13.0. The Morgan fingerprint density at radius 3 is 2.56 bits per heavy atom. The highest BCUT2D eigenvalue weighted by Crippen LogP contribution is 2.15. The summed E-state index contributed by atoms with van der Waals surface area (Å²) in [5, 5.41) is 0. The van der Waals surface area contributed by atoms with Gasteiger partial charge in [-0.15, -0.1) is 0 Å². The van der Waals surface area contributed by atoms with Gasteiger partial charge in [0.2, 0.25) is 0 Å². The summed E-state index contributed by atoms with van der Waals surface area (Å²) in [6.45, 7) is 0.901. The van der Waals surface area contributed by atoms with Gasteiger partial charge in [-0.3, -0.25) is 9.78 Å². The number of carbonyl (C=O) groups is 1. The first-order valence-corrected chi connectivity index (χ1v) is 5.80. The molecular formula is C14H15N3O. The lowest BCUT2D eigenvalue weighted by molar-refractivity contribution is 0.0987. The third kappa shape index (κ3) is 2.73. The molecule has 0 aliphatic carbocycles. The average molecular weight is 241 g/mol. The lowest BCUT2D eigenvalue weighted by Crippen LogP contribution is -2.35. The summed E-state index contributed by atoms with van der Waals surface area (Å²) in [5.74, 6) is -0.0836. The van der Waals surface area contributed by atoms with Crippen LogP contribution in [0.3, 0.4) is 0 Å². The fourth-order valence-electron chi connectivity index (χ4n) is 1.73. The number of hydrogen-bond acceptors (Lipinski definition) is 3. The van der Waals surface area contributed by atoms with Crippen molar-refractivity contribution in [3.63, 3.8) is 0 Å². The Morgan fingerprint density at radius 2 is 1.94 bits per heavy atom. The van der Waals surface area contributed by atoms with Crippen LogP contribution in [0.2, 0.25) is 0 Å². The van der Waals surface area contributed by atoms with Gasteiger partial charge < -0.3 is 10.6 Å². The Kier molecular flexibility index (Phi) is 4.04. The molecule has 0 atom stereocenters. The number of rotatable bonds is 4. The van der Waals surface area contributed by atoms with E-state index in [1.807, 2.05) is 30.3 Å². The minimum Gasteiger partial charge on any atom is -0.329 e. The standard InChI is InChI=1S/C14H15N3O/c15-8-10-17(13-6-2-1-3-7-13)14(18)12-5-4-9-16-11-12/h1-7,9,11H,8,10,15H2. The van der Waals surface area contributed by atoms with Crippen molar-refractivity contribution in [1.82, 2.24) is 4.98 Å². The van der Waals surface area contributed by atoms with Crippen LogP contribution in [0, 0.1) is 0 Å². The molecule has 1 aromatic heterocycles. The highest BCUT2D eigenvalue weighted by molar-refractivity contribution is 6.05. The highest BCUT2D eigenvalue weighted by Gasteiger charge is 2.16. The van der Waals surface area contributed by atoms with Gasteiger partial charge >= 0.3 is 0 Å². The molecule has 0 bridgehead atoms. The summed E-state index contributed by atoms with van der Waals surface area (Å²) in [7, 11) is 0. The van der Waals surface area contributed by atoms with Crippen LogP contribution >= 0.6 is 0 Å². The molecule has 2 N–H and O–H groups in total. The normalized spacial score (nSPS) is 10.1. The summed E-state index contributed by atoms with van der Waals surface area (Å²) >= 11 is 0.